The van der Waals surface area contributed by atoms with Crippen molar-refractivity contribution in [2.24, 2.45) is 5.41 Å². The molecule has 0 atom stereocenters. The van der Waals surface area contributed by atoms with E-state index in [9.17, 15) is 10.1 Å². The van der Waals surface area contributed by atoms with Crippen LogP contribution in [0.4, 0.5) is 0 Å². The fourth-order valence-corrected chi connectivity index (χ4v) is 3.81. The standard InChI is InChI=1S/C22H22N4OS/c1-13-9-10-15(14(2)11-13)17(12-23)20(22(3,4)5)24-21(27)16-7-6-8-18-19(16)28-26-25-18/h6-11H,1-5H3,(H,24,27)/b20-17-. The molecule has 0 aliphatic rings. The van der Waals surface area contributed by atoms with Gasteiger partial charge in [0.05, 0.1) is 15.8 Å². The van der Waals surface area contributed by atoms with Crippen LogP contribution in [0.25, 0.3) is 15.8 Å². The second-order valence-electron chi connectivity index (χ2n) is 7.81. The smallest absolute Gasteiger partial charge is 0.257 e. The summed E-state index contributed by atoms with van der Waals surface area (Å²) in [7, 11) is 0. The predicted molar refractivity (Wildman–Crippen MR) is 113 cm³/mol. The number of hydrogen-bond acceptors (Lipinski definition) is 5. The normalized spacial score (nSPS) is 12.4. The van der Waals surface area contributed by atoms with Crippen molar-refractivity contribution in [3.05, 3.63) is 64.3 Å². The molecule has 28 heavy (non-hydrogen) atoms. The molecule has 0 radical (unpaired) electrons. The number of nitriles is 1. The Hall–Kier alpha value is -3.04. The molecule has 1 heterocycles. The highest BCUT2D eigenvalue weighted by Crippen LogP contribution is 2.32. The SMILES string of the molecule is Cc1ccc(/C(C#N)=C(\NC(=O)c2cccc3nnsc23)C(C)(C)C)c(C)c1. The van der Waals surface area contributed by atoms with E-state index in [-0.39, 0.29) is 5.91 Å². The summed E-state index contributed by atoms with van der Waals surface area (Å²) in [6, 6.07) is 13.6. The molecule has 5 nitrogen and oxygen atoms in total. The van der Waals surface area contributed by atoms with E-state index >= 15 is 0 Å². The summed E-state index contributed by atoms with van der Waals surface area (Å²) in [5.41, 5.74) is 4.80. The molecule has 0 fully saturated rings. The maximum absolute atomic E-state index is 13.1. The van der Waals surface area contributed by atoms with E-state index in [1.807, 2.05) is 58.9 Å². The molecule has 0 unspecified atom stereocenters. The van der Waals surface area contributed by atoms with Gasteiger partial charge in [0.1, 0.15) is 11.6 Å². The monoisotopic (exact) mass is 390 g/mol. The first-order valence-electron chi connectivity index (χ1n) is 8.97. The maximum atomic E-state index is 13.1. The first-order chi connectivity index (χ1) is 13.2. The number of aryl methyl sites for hydroxylation is 2. The van der Waals surface area contributed by atoms with Crippen LogP contribution < -0.4 is 5.32 Å². The Labute approximate surface area is 168 Å². The predicted octanol–water partition coefficient (Wildman–Crippen LogP) is 5.02. The number of carbonyl (C=O) groups is 1. The number of nitrogens with zero attached hydrogens (tertiary/aromatic N) is 3. The van der Waals surface area contributed by atoms with Gasteiger partial charge in [0.2, 0.25) is 0 Å². The van der Waals surface area contributed by atoms with Crippen molar-refractivity contribution >= 4 is 33.2 Å². The van der Waals surface area contributed by atoms with Gasteiger partial charge in [-0.25, -0.2) is 0 Å². The highest BCUT2D eigenvalue weighted by atomic mass is 32.1. The molecular formula is C22H22N4OS. The van der Waals surface area contributed by atoms with Crippen molar-refractivity contribution in [2.45, 2.75) is 34.6 Å². The van der Waals surface area contributed by atoms with E-state index in [1.54, 1.807) is 12.1 Å². The van der Waals surface area contributed by atoms with E-state index in [1.165, 1.54) is 11.5 Å². The third-order valence-corrected chi connectivity index (χ3v) is 5.30. The van der Waals surface area contributed by atoms with Crippen molar-refractivity contribution < 1.29 is 4.79 Å². The zero-order valence-electron chi connectivity index (χ0n) is 16.6. The van der Waals surface area contributed by atoms with Crippen LogP contribution in [0.5, 0.6) is 0 Å². The second kappa shape index (κ2) is 7.53. The van der Waals surface area contributed by atoms with Gasteiger partial charge in [-0.15, -0.1) is 5.10 Å². The average Bonchev–Trinajstić information content (AvgIpc) is 3.10. The molecule has 0 spiro atoms. The summed E-state index contributed by atoms with van der Waals surface area (Å²) < 4.78 is 4.67. The first-order valence-corrected chi connectivity index (χ1v) is 9.74. The van der Waals surface area contributed by atoms with E-state index in [0.717, 1.165) is 21.4 Å². The minimum Gasteiger partial charge on any atom is -0.324 e. The highest BCUT2D eigenvalue weighted by Gasteiger charge is 2.26. The van der Waals surface area contributed by atoms with E-state index in [4.69, 9.17) is 0 Å². The zero-order chi connectivity index (χ0) is 20.5. The summed E-state index contributed by atoms with van der Waals surface area (Å²) in [5.74, 6) is -0.265. The van der Waals surface area contributed by atoms with E-state index in [2.05, 4.69) is 21.0 Å². The maximum Gasteiger partial charge on any atom is 0.257 e. The Morgan fingerprint density at radius 2 is 1.89 bits per heavy atom. The zero-order valence-corrected chi connectivity index (χ0v) is 17.4. The molecule has 1 aromatic heterocycles. The quantitative estimate of drug-likeness (QED) is 0.637. The van der Waals surface area contributed by atoms with Crippen molar-refractivity contribution in [1.29, 1.82) is 5.26 Å². The third kappa shape index (κ3) is 3.80. The van der Waals surface area contributed by atoms with E-state index < -0.39 is 5.41 Å². The minimum absolute atomic E-state index is 0.265. The van der Waals surface area contributed by atoms with Crippen molar-refractivity contribution in [2.75, 3.05) is 0 Å². The minimum atomic E-state index is -0.433. The molecule has 6 heteroatoms. The van der Waals surface area contributed by atoms with Gasteiger partial charge in [-0.05, 0) is 48.6 Å². The lowest BCUT2D eigenvalue weighted by atomic mass is 9.85. The van der Waals surface area contributed by atoms with Crippen molar-refractivity contribution in [3.8, 4) is 6.07 Å². The molecule has 0 aliphatic carbocycles. The molecule has 3 aromatic rings. The molecule has 142 valence electrons. The summed E-state index contributed by atoms with van der Waals surface area (Å²) in [6.45, 7) is 9.95. The number of rotatable bonds is 3. The second-order valence-corrected chi connectivity index (χ2v) is 8.57. The van der Waals surface area contributed by atoms with Gasteiger partial charge in [-0.3, -0.25) is 4.79 Å². The van der Waals surface area contributed by atoms with Crippen LogP contribution >= 0.6 is 11.5 Å². The molecule has 1 N–H and O–H groups in total. The Morgan fingerprint density at radius 1 is 1.14 bits per heavy atom. The molecule has 0 aliphatic heterocycles. The summed E-state index contributed by atoms with van der Waals surface area (Å²) in [5, 5.41) is 17.0. The molecule has 0 saturated carbocycles. The summed E-state index contributed by atoms with van der Waals surface area (Å²) in [6.07, 6.45) is 0. The lowest BCUT2D eigenvalue weighted by Crippen LogP contribution is -2.31. The Morgan fingerprint density at radius 3 is 2.54 bits per heavy atom. The molecular weight excluding hydrogens is 368 g/mol. The number of carbonyl (C=O) groups excluding carboxylic acids is 1. The first kappa shape index (κ1) is 19.7. The van der Waals surface area contributed by atoms with Crippen molar-refractivity contribution in [1.82, 2.24) is 14.9 Å². The van der Waals surface area contributed by atoms with Gasteiger partial charge >= 0.3 is 0 Å². The number of benzene rings is 2. The number of fused-ring (bicyclic) bond motifs is 1. The highest BCUT2D eigenvalue weighted by molar-refractivity contribution is 7.13. The number of amides is 1. The van der Waals surface area contributed by atoms with Crippen LogP contribution in [0, 0.1) is 30.6 Å². The van der Waals surface area contributed by atoms with Gasteiger partial charge in [0.25, 0.3) is 5.91 Å². The lowest BCUT2D eigenvalue weighted by Gasteiger charge is -2.26. The summed E-state index contributed by atoms with van der Waals surface area (Å²) >= 11 is 1.19. The number of hydrogen-bond donors (Lipinski definition) is 1. The molecule has 1 amide bonds. The number of allylic oxidation sites excluding steroid dienone is 2. The van der Waals surface area contributed by atoms with Crippen LogP contribution in [0.1, 0.15) is 47.8 Å². The van der Waals surface area contributed by atoms with Crippen LogP contribution in [0.2, 0.25) is 0 Å². The molecule has 2 aromatic carbocycles. The summed E-state index contributed by atoms with van der Waals surface area (Å²) in [4.78, 5) is 13.1. The van der Waals surface area contributed by atoms with Gasteiger partial charge < -0.3 is 5.32 Å². The van der Waals surface area contributed by atoms with Crippen molar-refractivity contribution in [3.63, 3.8) is 0 Å². The fourth-order valence-electron chi connectivity index (χ4n) is 3.13. The Balaban J connectivity index is 2.12. The van der Waals surface area contributed by atoms with Gasteiger partial charge in [0.15, 0.2) is 0 Å². The largest absolute Gasteiger partial charge is 0.324 e. The average molecular weight is 391 g/mol. The fraction of sp³-hybridized carbons (Fsp3) is 0.273. The Kier molecular flexibility index (Phi) is 5.30. The van der Waals surface area contributed by atoms with Crippen LogP contribution in [0.15, 0.2) is 42.1 Å². The van der Waals surface area contributed by atoms with Crippen LogP contribution in [-0.4, -0.2) is 15.5 Å². The van der Waals surface area contributed by atoms with Gasteiger partial charge in [-0.2, -0.15) is 5.26 Å². The molecule has 0 saturated heterocycles. The molecule has 0 bridgehead atoms. The van der Waals surface area contributed by atoms with Crippen LogP contribution in [0.3, 0.4) is 0 Å². The Bertz CT molecular complexity index is 1130. The topological polar surface area (TPSA) is 78.7 Å². The van der Waals surface area contributed by atoms with Crippen LogP contribution in [-0.2, 0) is 0 Å². The number of aromatic nitrogens is 2. The lowest BCUT2D eigenvalue weighted by molar-refractivity contribution is 0.0960. The third-order valence-electron chi connectivity index (χ3n) is 4.52. The van der Waals surface area contributed by atoms with E-state index in [0.29, 0.717) is 22.4 Å². The van der Waals surface area contributed by atoms with Gasteiger partial charge in [-0.1, -0.05) is 55.1 Å². The molecule has 3 rings (SSSR count). The van der Waals surface area contributed by atoms with Gasteiger partial charge in [0, 0.05) is 11.1 Å². The number of nitrogens with one attached hydrogen (secondary N) is 1.